The summed E-state index contributed by atoms with van der Waals surface area (Å²) in [6.45, 7) is 5.34. The van der Waals surface area contributed by atoms with E-state index in [4.69, 9.17) is 11.6 Å². The molecule has 2 heterocycles. The maximum absolute atomic E-state index is 14.8. The van der Waals surface area contributed by atoms with Crippen LogP contribution < -0.4 is 10.6 Å². The van der Waals surface area contributed by atoms with Crippen LogP contribution in [0.4, 0.5) is 21.8 Å². The van der Waals surface area contributed by atoms with Crippen molar-refractivity contribution in [3.05, 3.63) is 77.6 Å². The summed E-state index contributed by atoms with van der Waals surface area (Å²) in [5.41, 5.74) is 1.97. The second-order valence-corrected chi connectivity index (χ2v) is 7.62. The van der Waals surface area contributed by atoms with Gasteiger partial charge in [-0.05, 0) is 49.6 Å². The van der Waals surface area contributed by atoms with Crippen molar-refractivity contribution in [3.63, 3.8) is 0 Å². The van der Waals surface area contributed by atoms with Crippen LogP contribution in [0.5, 0.6) is 0 Å². The summed E-state index contributed by atoms with van der Waals surface area (Å²) in [5, 5.41) is 6.33. The molecule has 0 bridgehead atoms. The summed E-state index contributed by atoms with van der Waals surface area (Å²) in [7, 11) is 1.72. The molecule has 0 saturated carbocycles. The SMILES string of the molecule is C=N/C=C\C(=C/C)c1cc(Nc2cc(F)c(Sc3ccncc3)c(Cl)c2)nc(NC)n1. The highest BCUT2D eigenvalue weighted by Crippen LogP contribution is 2.37. The molecule has 0 atom stereocenters. The van der Waals surface area contributed by atoms with Crippen LogP contribution in [0.1, 0.15) is 12.6 Å². The number of nitrogens with zero attached hydrogens (tertiary/aromatic N) is 4. The van der Waals surface area contributed by atoms with Gasteiger partial charge in [0.2, 0.25) is 5.95 Å². The van der Waals surface area contributed by atoms with Gasteiger partial charge < -0.3 is 10.6 Å². The van der Waals surface area contributed by atoms with E-state index in [2.05, 4.69) is 37.3 Å². The van der Waals surface area contributed by atoms with Crippen molar-refractivity contribution < 1.29 is 4.39 Å². The van der Waals surface area contributed by atoms with Gasteiger partial charge in [-0.15, -0.1) is 0 Å². The first-order valence-electron chi connectivity index (χ1n) is 9.24. The number of nitrogens with one attached hydrogen (secondary N) is 2. The average Bonchev–Trinajstić information content (AvgIpc) is 2.77. The van der Waals surface area contributed by atoms with Gasteiger partial charge in [0, 0.05) is 42.3 Å². The normalized spacial score (nSPS) is 11.5. The van der Waals surface area contributed by atoms with Gasteiger partial charge in [-0.25, -0.2) is 9.37 Å². The third-order valence-corrected chi connectivity index (χ3v) is 5.59. The number of halogens is 2. The van der Waals surface area contributed by atoms with Gasteiger partial charge in [-0.2, -0.15) is 4.98 Å². The zero-order valence-electron chi connectivity index (χ0n) is 16.9. The van der Waals surface area contributed by atoms with Gasteiger partial charge in [0.05, 0.1) is 15.6 Å². The Kier molecular flexibility index (Phi) is 7.75. The van der Waals surface area contributed by atoms with Crippen LogP contribution in [0.3, 0.4) is 0 Å². The summed E-state index contributed by atoms with van der Waals surface area (Å²) < 4.78 is 14.8. The van der Waals surface area contributed by atoms with Gasteiger partial charge in [0.25, 0.3) is 0 Å². The molecule has 0 aliphatic rings. The van der Waals surface area contributed by atoms with E-state index in [1.807, 2.05) is 13.0 Å². The number of allylic oxidation sites excluding steroid dienone is 3. The highest BCUT2D eigenvalue weighted by atomic mass is 35.5. The molecular weight excluding hydrogens is 435 g/mol. The molecule has 0 radical (unpaired) electrons. The van der Waals surface area contributed by atoms with Crippen molar-refractivity contribution in [3.8, 4) is 0 Å². The number of anilines is 3. The fourth-order valence-corrected chi connectivity index (χ4v) is 3.76. The first kappa shape index (κ1) is 22.5. The van der Waals surface area contributed by atoms with E-state index in [0.29, 0.717) is 33.1 Å². The molecule has 0 aliphatic heterocycles. The van der Waals surface area contributed by atoms with Crippen molar-refractivity contribution in [2.45, 2.75) is 16.7 Å². The topological polar surface area (TPSA) is 75.1 Å². The van der Waals surface area contributed by atoms with E-state index >= 15 is 0 Å². The van der Waals surface area contributed by atoms with Gasteiger partial charge in [0.1, 0.15) is 11.6 Å². The monoisotopic (exact) mass is 454 g/mol. The predicted molar refractivity (Wildman–Crippen MR) is 127 cm³/mol. The molecule has 2 aromatic heterocycles. The molecule has 0 aliphatic carbocycles. The Bertz CT molecular complexity index is 1110. The van der Waals surface area contributed by atoms with E-state index in [9.17, 15) is 4.39 Å². The van der Waals surface area contributed by atoms with Gasteiger partial charge in [0.15, 0.2) is 0 Å². The minimum Gasteiger partial charge on any atom is -0.357 e. The van der Waals surface area contributed by atoms with E-state index in [1.54, 1.807) is 56.0 Å². The van der Waals surface area contributed by atoms with E-state index in [-0.39, 0.29) is 0 Å². The standard InChI is InChI=1S/C22H20ClFN6S/c1-4-14(5-8-25-2)19-13-20(30-22(26-3)29-19)28-15-11-17(23)21(18(24)12-15)31-16-6-9-27-10-7-16/h4-13H,2H2,1,3H3,(H2,26,28,29,30)/b8-5-,14-4+. The Balaban J connectivity index is 1.90. The Morgan fingerprint density at radius 3 is 2.65 bits per heavy atom. The van der Waals surface area contributed by atoms with Gasteiger partial charge in [-0.3, -0.25) is 9.98 Å². The molecule has 1 aromatic carbocycles. The first-order chi connectivity index (χ1) is 15.0. The molecule has 2 N–H and O–H groups in total. The molecule has 0 fully saturated rings. The number of aliphatic imine (C=N–C) groups is 1. The second kappa shape index (κ2) is 10.7. The summed E-state index contributed by atoms with van der Waals surface area (Å²) in [6.07, 6.45) is 8.57. The number of rotatable bonds is 8. The quantitative estimate of drug-likeness (QED) is 0.311. The van der Waals surface area contributed by atoms with Crippen LogP contribution in [0.15, 0.2) is 75.9 Å². The lowest BCUT2D eigenvalue weighted by Gasteiger charge is -2.12. The van der Waals surface area contributed by atoms with Crippen molar-refractivity contribution >= 4 is 53.1 Å². The maximum Gasteiger partial charge on any atom is 0.224 e. The number of pyridine rings is 1. The molecule has 3 aromatic rings. The molecule has 31 heavy (non-hydrogen) atoms. The summed E-state index contributed by atoms with van der Waals surface area (Å²) in [6, 6.07) is 8.39. The van der Waals surface area contributed by atoms with Crippen LogP contribution in [-0.2, 0) is 0 Å². The molecule has 0 saturated heterocycles. The molecule has 6 nitrogen and oxygen atoms in total. The number of benzene rings is 1. The Morgan fingerprint density at radius 1 is 1.23 bits per heavy atom. The van der Waals surface area contributed by atoms with Crippen molar-refractivity contribution in [1.82, 2.24) is 15.0 Å². The van der Waals surface area contributed by atoms with Crippen LogP contribution in [-0.4, -0.2) is 28.7 Å². The molecule has 0 amide bonds. The average molecular weight is 455 g/mol. The maximum atomic E-state index is 14.8. The minimum absolute atomic E-state index is 0.293. The van der Waals surface area contributed by atoms with E-state index in [1.165, 1.54) is 17.8 Å². The lowest BCUT2D eigenvalue weighted by Crippen LogP contribution is -2.03. The fraction of sp³-hybridized carbons (Fsp3) is 0.0909. The highest BCUT2D eigenvalue weighted by molar-refractivity contribution is 7.99. The minimum atomic E-state index is -0.436. The lowest BCUT2D eigenvalue weighted by molar-refractivity contribution is 0.603. The molecule has 0 unspecified atom stereocenters. The zero-order chi connectivity index (χ0) is 22.2. The summed E-state index contributed by atoms with van der Waals surface area (Å²) in [4.78, 5) is 17.7. The molecule has 158 valence electrons. The number of aromatic nitrogens is 3. The molecule has 9 heteroatoms. The summed E-state index contributed by atoms with van der Waals surface area (Å²) in [5.74, 6) is 0.462. The van der Waals surface area contributed by atoms with Crippen molar-refractivity contribution in [2.75, 3.05) is 17.7 Å². The Labute approximate surface area is 189 Å². The third-order valence-electron chi connectivity index (χ3n) is 4.06. The van der Waals surface area contributed by atoms with Crippen molar-refractivity contribution in [2.24, 2.45) is 4.99 Å². The van der Waals surface area contributed by atoms with Crippen LogP contribution in [0, 0.1) is 5.82 Å². The van der Waals surface area contributed by atoms with Crippen molar-refractivity contribution in [1.29, 1.82) is 0 Å². The smallest absolute Gasteiger partial charge is 0.224 e. The number of hydrogen-bond donors (Lipinski definition) is 2. The predicted octanol–water partition coefficient (Wildman–Crippen LogP) is 6.22. The zero-order valence-corrected chi connectivity index (χ0v) is 18.5. The second-order valence-electron chi connectivity index (χ2n) is 6.13. The highest BCUT2D eigenvalue weighted by Gasteiger charge is 2.13. The lowest BCUT2D eigenvalue weighted by atomic mass is 10.1. The van der Waals surface area contributed by atoms with Crippen LogP contribution in [0.2, 0.25) is 5.02 Å². The van der Waals surface area contributed by atoms with Crippen LogP contribution in [0.25, 0.3) is 5.57 Å². The summed E-state index contributed by atoms with van der Waals surface area (Å²) >= 11 is 7.61. The first-order valence-corrected chi connectivity index (χ1v) is 10.4. The fourth-order valence-electron chi connectivity index (χ4n) is 2.64. The van der Waals surface area contributed by atoms with Crippen LogP contribution >= 0.6 is 23.4 Å². The largest absolute Gasteiger partial charge is 0.357 e. The molecular formula is C22H20ClFN6S. The molecule has 3 rings (SSSR count). The van der Waals surface area contributed by atoms with Gasteiger partial charge in [-0.1, -0.05) is 29.4 Å². The Hall–Kier alpha value is -3.23. The third kappa shape index (κ3) is 5.90. The van der Waals surface area contributed by atoms with Gasteiger partial charge >= 0.3 is 0 Å². The Morgan fingerprint density at radius 2 is 2.00 bits per heavy atom. The molecule has 0 spiro atoms. The van der Waals surface area contributed by atoms with E-state index < -0.39 is 5.82 Å². The van der Waals surface area contributed by atoms with E-state index in [0.717, 1.165) is 10.5 Å². The number of hydrogen-bond acceptors (Lipinski definition) is 7.